The molecule has 1 amide bonds. The second-order valence-electron chi connectivity index (χ2n) is 6.24. The minimum atomic E-state index is -0.603. The van der Waals surface area contributed by atoms with E-state index in [9.17, 15) is 19.7 Å². The molecule has 0 bridgehead atoms. The zero-order valence-corrected chi connectivity index (χ0v) is 15.9. The first-order valence-electron chi connectivity index (χ1n) is 8.79. The molecule has 0 saturated carbocycles. The number of benzene rings is 2. The number of esters is 1. The standard InChI is InChI=1S/C20H17N5O5/c1-14-6-8-15(9-7-14)20(27)30-18-5-3-2-4-16(18)10-21-23-19(26)13-24-12-17(11-22-24)25(28)29/h2-12H,13H2,1H3,(H,23,26). The first kappa shape index (κ1) is 20.4. The van der Waals surface area contributed by atoms with Gasteiger partial charge in [0, 0.05) is 5.56 Å². The summed E-state index contributed by atoms with van der Waals surface area (Å²) in [4.78, 5) is 34.3. The number of aromatic nitrogens is 2. The molecule has 1 N–H and O–H groups in total. The average molecular weight is 407 g/mol. The van der Waals surface area contributed by atoms with E-state index in [-0.39, 0.29) is 18.0 Å². The van der Waals surface area contributed by atoms with Gasteiger partial charge in [-0.3, -0.25) is 19.6 Å². The Bertz CT molecular complexity index is 1100. The number of nitrogens with one attached hydrogen (secondary N) is 1. The predicted molar refractivity (Wildman–Crippen MR) is 107 cm³/mol. The van der Waals surface area contributed by atoms with E-state index >= 15 is 0 Å². The third kappa shape index (κ3) is 5.35. The van der Waals surface area contributed by atoms with Crippen LogP contribution in [-0.2, 0) is 11.3 Å². The van der Waals surface area contributed by atoms with Gasteiger partial charge in [0.05, 0.1) is 16.7 Å². The maximum atomic E-state index is 12.3. The van der Waals surface area contributed by atoms with Crippen LogP contribution in [0.15, 0.2) is 66.0 Å². The molecule has 0 unspecified atom stereocenters. The predicted octanol–water partition coefficient (Wildman–Crippen LogP) is 2.47. The van der Waals surface area contributed by atoms with Crippen molar-refractivity contribution in [1.29, 1.82) is 0 Å². The molecule has 0 spiro atoms. The molecule has 152 valence electrons. The summed E-state index contributed by atoms with van der Waals surface area (Å²) >= 11 is 0. The van der Waals surface area contributed by atoms with Gasteiger partial charge in [0.25, 0.3) is 5.91 Å². The molecular formula is C20H17N5O5. The summed E-state index contributed by atoms with van der Waals surface area (Å²) in [6, 6.07) is 13.7. The molecular weight excluding hydrogens is 390 g/mol. The quantitative estimate of drug-likeness (QED) is 0.211. The van der Waals surface area contributed by atoms with E-state index in [1.54, 1.807) is 36.4 Å². The number of nitrogens with zero attached hydrogens (tertiary/aromatic N) is 4. The van der Waals surface area contributed by atoms with Crippen LogP contribution in [0.1, 0.15) is 21.5 Å². The minimum Gasteiger partial charge on any atom is -0.422 e. The van der Waals surface area contributed by atoms with Crippen molar-refractivity contribution in [2.24, 2.45) is 5.10 Å². The Morgan fingerprint density at radius 2 is 1.97 bits per heavy atom. The normalized spacial score (nSPS) is 10.7. The molecule has 0 aliphatic carbocycles. The van der Waals surface area contributed by atoms with Crippen LogP contribution in [0.5, 0.6) is 5.75 Å². The topological polar surface area (TPSA) is 129 Å². The summed E-state index contributed by atoms with van der Waals surface area (Å²) in [7, 11) is 0. The van der Waals surface area contributed by atoms with Gasteiger partial charge in [0.1, 0.15) is 24.7 Å². The van der Waals surface area contributed by atoms with E-state index in [0.717, 1.165) is 22.6 Å². The molecule has 1 heterocycles. The monoisotopic (exact) mass is 407 g/mol. The van der Waals surface area contributed by atoms with Crippen molar-refractivity contribution >= 4 is 23.8 Å². The Morgan fingerprint density at radius 1 is 1.23 bits per heavy atom. The number of para-hydroxylation sites is 1. The van der Waals surface area contributed by atoms with Crippen LogP contribution in [-0.4, -0.2) is 32.8 Å². The van der Waals surface area contributed by atoms with Crippen LogP contribution in [0.25, 0.3) is 0 Å². The van der Waals surface area contributed by atoms with Crippen LogP contribution in [0.3, 0.4) is 0 Å². The number of carbonyl (C=O) groups is 2. The smallest absolute Gasteiger partial charge is 0.343 e. The number of nitro groups is 1. The third-order valence-corrected chi connectivity index (χ3v) is 3.94. The first-order valence-corrected chi connectivity index (χ1v) is 8.79. The van der Waals surface area contributed by atoms with E-state index in [0.29, 0.717) is 11.1 Å². The van der Waals surface area contributed by atoms with Crippen molar-refractivity contribution in [2.45, 2.75) is 13.5 Å². The summed E-state index contributed by atoms with van der Waals surface area (Å²) in [5, 5.41) is 18.2. The Balaban J connectivity index is 1.61. The van der Waals surface area contributed by atoms with Gasteiger partial charge in [-0.05, 0) is 31.2 Å². The van der Waals surface area contributed by atoms with Crippen molar-refractivity contribution in [3.05, 3.63) is 87.7 Å². The summed E-state index contributed by atoms with van der Waals surface area (Å²) < 4.78 is 6.55. The van der Waals surface area contributed by atoms with E-state index in [1.165, 1.54) is 6.21 Å². The summed E-state index contributed by atoms with van der Waals surface area (Å²) in [6.07, 6.45) is 3.53. The van der Waals surface area contributed by atoms with Crippen molar-refractivity contribution < 1.29 is 19.2 Å². The lowest BCUT2D eigenvalue weighted by Gasteiger charge is -2.07. The highest BCUT2D eigenvalue weighted by molar-refractivity contribution is 5.93. The van der Waals surface area contributed by atoms with Gasteiger partial charge in [0.15, 0.2) is 0 Å². The third-order valence-electron chi connectivity index (χ3n) is 3.94. The molecule has 30 heavy (non-hydrogen) atoms. The molecule has 0 saturated heterocycles. The van der Waals surface area contributed by atoms with Gasteiger partial charge < -0.3 is 4.74 Å². The lowest BCUT2D eigenvalue weighted by molar-refractivity contribution is -0.385. The molecule has 0 radical (unpaired) electrons. The fraction of sp³-hybridized carbons (Fsp3) is 0.100. The SMILES string of the molecule is Cc1ccc(C(=O)Oc2ccccc2C=NNC(=O)Cn2cc([N+](=O)[O-])cn2)cc1. The molecule has 10 nitrogen and oxygen atoms in total. The van der Waals surface area contributed by atoms with Crippen molar-refractivity contribution in [3.8, 4) is 5.75 Å². The maximum absolute atomic E-state index is 12.3. The first-order chi connectivity index (χ1) is 14.4. The average Bonchev–Trinajstić information content (AvgIpc) is 3.18. The maximum Gasteiger partial charge on any atom is 0.343 e. The largest absolute Gasteiger partial charge is 0.422 e. The van der Waals surface area contributed by atoms with Gasteiger partial charge in [-0.1, -0.05) is 29.8 Å². The van der Waals surface area contributed by atoms with E-state index in [4.69, 9.17) is 4.74 Å². The molecule has 0 atom stereocenters. The highest BCUT2D eigenvalue weighted by atomic mass is 16.6. The molecule has 0 aliphatic heterocycles. The lowest BCUT2D eigenvalue weighted by Crippen LogP contribution is -2.23. The number of hydrazone groups is 1. The van der Waals surface area contributed by atoms with E-state index < -0.39 is 16.8 Å². The number of rotatable bonds is 7. The zero-order valence-electron chi connectivity index (χ0n) is 15.9. The number of amides is 1. The number of aryl methyl sites for hydroxylation is 1. The molecule has 0 fully saturated rings. The second kappa shape index (κ2) is 9.24. The summed E-state index contributed by atoms with van der Waals surface area (Å²) in [5.41, 5.74) is 4.00. The lowest BCUT2D eigenvalue weighted by atomic mass is 10.1. The van der Waals surface area contributed by atoms with Crippen LogP contribution >= 0.6 is 0 Å². The molecule has 3 rings (SSSR count). The Kier molecular flexibility index (Phi) is 6.28. The van der Waals surface area contributed by atoms with Gasteiger partial charge in [0.2, 0.25) is 0 Å². The van der Waals surface area contributed by atoms with Crippen LogP contribution < -0.4 is 10.2 Å². The van der Waals surface area contributed by atoms with Crippen molar-refractivity contribution in [2.75, 3.05) is 0 Å². The summed E-state index contributed by atoms with van der Waals surface area (Å²) in [5.74, 6) is -0.762. The van der Waals surface area contributed by atoms with Crippen molar-refractivity contribution in [3.63, 3.8) is 0 Å². The number of carbonyl (C=O) groups excluding carboxylic acids is 2. The second-order valence-corrected chi connectivity index (χ2v) is 6.24. The minimum absolute atomic E-state index is 0.212. The Morgan fingerprint density at radius 3 is 2.67 bits per heavy atom. The van der Waals surface area contributed by atoms with Crippen LogP contribution in [0.2, 0.25) is 0 Å². The Hall–Kier alpha value is -4.34. The fourth-order valence-corrected chi connectivity index (χ4v) is 2.42. The van der Waals surface area contributed by atoms with E-state index in [2.05, 4.69) is 15.6 Å². The number of hydrogen-bond acceptors (Lipinski definition) is 7. The van der Waals surface area contributed by atoms with Gasteiger partial charge in [-0.25, -0.2) is 10.2 Å². The molecule has 1 aromatic heterocycles. The molecule has 10 heteroatoms. The van der Waals surface area contributed by atoms with Gasteiger partial charge in [-0.15, -0.1) is 0 Å². The highest BCUT2D eigenvalue weighted by Crippen LogP contribution is 2.18. The van der Waals surface area contributed by atoms with Crippen LogP contribution in [0.4, 0.5) is 5.69 Å². The highest BCUT2D eigenvalue weighted by Gasteiger charge is 2.12. The van der Waals surface area contributed by atoms with Crippen LogP contribution in [0, 0.1) is 17.0 Å². The van der Waals surface area contributed by atoms with Gasteiger partial charge >= 0.3 is 11.7 Å². The van der Waals surface area contributed by atoms with Crippen molar-refractivity contribution in [1.82, 2.24) is 15.2 Å². The van der Waals surface area contributed by atoms with Gasteiger partial charge in [-0.2, -0.15) is 10.2 Å². The zero-order chi connectivity index (χ0) is 21.5. The fourth-order valence-electron chi connectivity index (χ4n) is 2.42. The molecule has 2 aromatic carbocycles. The summed E-state index contributed by atoms with van der Waals surface area (Å²) in [6.45, 7) is 1.68. The molecule has 3 aromatic rings. The number of hydrogen-bond donors (Lipinski definition) is 1. The van der Waals surface area contributed by atoms with E-state index in [1.807, 2.05) is 19.1 Å². The molecule has 0 aliphatic rings. The Labute approximate surface area is 170 Å². The number of ether oxygens (including phenoxy) is 1.